The van der Waals surface area contributed by atoms with Crippen LogP contribution in [0.4, 0.5) is 0 Å². The van der Waals surface area contributed by atoms with Gasteiger partial charge in [-0.3, -0.25) is 9.69 Å². The summed E-state index contributed by atoms with van der Waals surface area (Å²) in [6.07, 6.45) is 5.98. The van der Waals surface area contributed by atoms with Gasteiger partial charge in [-0.25, -0.2) is 0 Å². The number of ether oxygens (including phenoxy) is 2. The number of methoxy groups -OCH3 is 2. The summed E-state index contributed by atoms with van der Waals surface area (Å²) >= 11 is 1.57. The predicted molar refractivity (Wildman–Crippen MR) is 106 cm³/mol. The number of nitrogens with zero attached hydrogens (tertiary/aromatic N) is 1. The molecule has 0 spiro atoms. The maximum atomic E-state index is 12.0. The first-order chi connectivity index (χ1) is 12.6. The predicted octanol–water partition coefficient (Wildman–Crippen LogP) is 2.69. The minimum atomic E-state index is -0.0698. The zero-order valence-electron chi connectivity index (χ0n) is 16.0. The largest absolute Gasteiger partial charge is 0.497 e. The molecule has 1 N–H and O–H groups in total. The van der Waals surface area contributed by atoms with Gasteiger partial charge in [-0.05, 0) is 49.6 Å². The Kier molecular flexibility index (Phi) is 6.48. The van der Waals surface area contributed by atoms with Crippen molar-refractivity contribution in [3.05, 3.63) is 29.8 Å². The fraction of sp³-hybridized carbons (Fsp3) is 0.650. The molecule has 144 valence electrons. The average molecular weight is 379 g/mol. The average Bonchev–Trinajstić information content (AvgIpc) is 3.01. The van der Waals surface area contributed by atoms with Crippen LogP contribution in [0, 0.1) is 0 Å². The van der Waals surface area contributed by atoms with Gasteiger partial charge in [0.05, 0.1) is 18.5 Å². The topological polar surface area (TPSA) is 50.8 Å². The smallest absolute Gasteiger partial charge is 0.230 e. The first kappa shape index (κ1) is 19.5. The molecule has 0 unspecified atom stereocenters. The normalized spacial score (nSPS) is 28.6. The summed E-state index contributed by atoms with van der Waals surface area (Å²) in [6, 6.07) is 8.86. The number of hydrogen-bond acceptors (Lipinski definition) is 5. The fourth-order valence-electron chi connectivity index (χ4n) is 4.52. The molecule has 1 saturated carbocycles. The molecule has 1 amide bonds. The molecule has 26 heavy (non-hydrogen) atoms. The molecular formula is C20H30N2O3S. The molecule has 1 aromatic carbocycles. The van der Waals surface area contributed by atoms with Crippen LogP contribution < -0.4 is 10.1 Å². The molecule has 0 radical (unpaired) electrons. The first-order valence-corrected chi connectivity index (χ1v) is 10.7. The molecule has 6 heteroatoms. The first-order valence-electron chi connectivity index (χ1n) is 9.30. The molecule has 3 rings (SSSR count). The maximum Gasteiger partial charge on any atom is 0.230 e. The van der Waals surface area contributed by atoms with E-state index in [0.29, 0.717) is 11.8 Å². The van der Waals surface area contributed by atoms with E-state index in [1.165, 1.54) is 5.56 Å². The summed E-state index contributed by atoms with van der Waals surface area (Å²) in [7, 11) is 3.54. The van der Waals surface area contributed by atoms with Gasteiger partial charge >= 0.3 is 0 Å². The van der Waals surface area contributed by atoms with Crippen molar-refractivity contribution in [2.75, 3.05) is 32.8 Å². The van der Waals surface area contributed by atoms with Crippen LogP contribution in [0.2, 0.25) is 0 Å². The van der Waals surface area contributed by atoms with Gasteiger partial charge in [0.2, 0.25) is 5.91 Å². The van der Waals surface area contributed by atoms with Gasteiger partial charge in [0, 0.05) is 32.3 Å². The van der Waals surface area contributed by atoms with Crippen LogP contribution in [0.5, 0.6) is 5.75 Å². The number of carbonyl (C=O) groups is 1. The number of likely N-dealkylation sites (tertiary alicyclic amines) is 1. The van der Waals surface area contributed by atoms with E-state index in [-0.39, 0.29) is 17.6 Å². The van der Waals surface area contributed by atoms with Gasteiger partial charge in [-0.15, -0.1) is 0 Å². The highest BCUT2D eigenvalue weighted by Gasteiger charge is 2.51. The van der Waals surface area contributed by atoms with E-state index in [1.54, 1.807) is 18.9 Å². The molecular weight excluding hydrogens is 348 g/mol. The quantitative estimate of drug-likeness (QED) is 0.791. The molecule has 0 bridgehead atoms. The zero-order chi connectivity index (χ0) is 18.6. The lowest BCUT2D eigenvalue weighted by Gasteiger charge is -2.44. The van der Waals surface area contributed by atoms with Crippen LogP contribution >= 0.6 is 11.8 Å². The summed E-state index contributed by atoms with van der Waals surface area (Å²) < 4.78 is 11.4. The monoisotopic (exact) mass is 378 g/mol. The lowest BCUT2D eigenvalue weighted by molar-refractivity contribution is -0.120. The van der Waals surface area contributed by atoms with Gasteiger partial charge in [0.15, 0.2) is 0 Å². The minimum Gasteiger partial charge on any atom is -0.497 e. The molecule has 3 atom stereocenters. The summed E-state index contributed by atoms with van der Waals surface area (Å²) in [4.78, 5) is 14.5. The number of hydrogen-bond donors (Lipinski definition) is 1. The van der Waals surface area contributed by atoms with Gasteiger partial charge < -0.3 is 14.8 Å². The van der Waals surface area contributed by atoms with Gasteiger partial charge in [0.1, 0.15) is 5.75 Å². The van der Waals surface area contributed by atoms with Crippen molar-refractivity contribution in [1.82, 2.24) is 10.2 Å². The number of benzene rings is 1. The number of fused-ring (bicyclic) bond motifs is 1. The number of nitrogens with one attached hydrogen (secondary N) is 1. The number of thioether (sulfide) groups is 1. The summed E-state index contributed by atoms with van der Waals surface area (Å²) in [6.45, 7) is 1.92. The standard InChI is InChI=1S/C20H30N2O3S/c1-24-17-6-4-5-15(11-17)13-22-10-9-20(25-2)8-7-16(12-18(20)22)21-19(23)14-26-3/h4-6,11,16,18H,7-10,12-14H2,1-3H3,(H,21,23)/t16-,18+,20-/m1/s1. The highest BCUT2D eigenvalue weighted by atomic mass is 32.2. The van der Waals surface area contributed by atoms with Gasteiger partial charge in [-0.2, -0.15) is 11.8 Å². The van der Waals surface area contributed by atoms with Crippen molar-refractivity contribution in [2.24, 2.45) is 0 Å². The maximum absolute atomic E-state index is 12.0. The lowest BCUT2D eigenvalue weighted by Crippen LogP contribution is -2.54. The molecule has 1 aliphatic carbocycles. The second kappa shape index (κ2) is 8.63. The Balaban J connectivity index is 1.70. The van der Waals surface area contributed by atoms with E-state index in [0.717, 1.165) is 44.5 Å². The van der Waals surface area contributed by atoms with Crippen LogP contribution in [0.25, 0.3) is 0 Å². The Labute approximate surface area is 160 Å². The second-order valence-corrected chi connectivity index (χ2v) is 8.19. The van der Waals surface area contributed by atoms with Crippen LogP contribution in [-0.2, 0) is 16.1 Å². The van der Waals surface area contributed by atoms with Crippen molar-refractivity contribution in [1.29, 1.82) is 0 Å². The van der Waals surface area contributed by atoms with E-state index < -0.39 is 0 Å². The van der Waals surface area contributed by atoms with E-state index >= 15 is 0 Å². The van der Waals surface area contributed by atoms with E-state index in [4.69, 9.17) is 9.47 Å². The number of amides is 1. The third kappa shape index (κ3) is 4.18. The Morgan fingerprint density at radius 3 is 2.96 bits per heavy atom. The van der Waals surface area contributed by atoms with Crippen molar-refractivity contribution in [2.45, 2.75) is 49.9 Å². The Bertz CT molecular complexity index is 627. The summed E-state index contributed by atoms with van der Waals surface area (Å²) in [5.74, 6) is 1.57. The molecule has 0 aromatic heterocycles. The molecule has 2 aliphatic rings. The number of carbonyl (C=O) groups excluding carboxylic acids is 1. The van der Waals surface area contributed by atoms with Crippen LogP contribution in [-0.4, -0.2) is 61.3 Å². The van der Waals surface area contributed by atoms with Crippen LogP contribution in [0.3, 0.4) is 0 Å². The lowest BCUT2D eigenvalue weighted by atomic mass is 9.78. The molecule has 5 nitrogen and oxygen atoms in total. The minimum absolute atomic E-state index is 0.0698. The highest BCUT2D eigenvalue weighted by Crippen LogP contribution is 2.43. The van der Waals surface area contributed by atoms with E-state index in [2.05, 4.69) is 22.3 Å². The van der Waals surface area contributed by atoms with Crippen molar-refractivity contribution in [3.63, 3.8) is 0 Å². The molecule has 1 aliphatic heterocycles. The van der Waals surface area contributed by atoms with E-state index in [9.17, 15) is 4.79 Å². The van der Waals surface area contributed by atoms with Gasteiger partial charge in [0.25, 0.3) is 0 Å². The third-order valence-corrected chi connectivity index (χ3v) is 6.41. The van der Waals surface area contributed by atoms with Crippen molar-refractivity contribution in [3.8, 4) is 5.75 Å². The zero-order valence-corrected chi connectivity index (χ0v) is 16.8. The van der Waals surface area contributed by atoms with Crippen molar-refractivity contribution >= 4 is 17.7 Å². The van der Waals surface area contributed by atoms with Gasteiger partial charge in [-0.1, -0.05) is 12.1 Å². The third-order valence-electron chi connectivity index (χ3n) is 5.86. The Hall–Kier alpha value is -1.24. The van der Waals surface area contributed by atoms with Crippen molar-refractivity contribution < 1.29 is 14.3 Å². The molecule has 1 saturated heterocycles. The molecule has 1 heterocycles. The van der Waals surface area contributed by atoms with Crippen LogP contribution in [0.1, 0.15) is 31.2 Å². The highest BCUT2D eigenvalue weighted by molar-refractivity contribution is 7.99. The van der Waals surface area contributed by atoms with E-state index in [1.807, 2.05) is 25.5 Å². The SMILES string of the molecule is COc1cccc(CN2CC[C@]3(OC)CC[C@@H](NC(=O)CSC)C[C@H]23)c1. The van der Waals surface area contributed by atoms with Crippen LogP contribution in [0.15, 0.2) is 24.3 Å². The fourth-order valence-corrected chi connectivity index (χ4v) is 4.86. The Morgan fingerprint density at radius 2 is 2.23 bits per heavy atom. The number of rotatable bonds is 7. The summed E-state index contributed by atoms with van der Waals surface area (Å²) in [5, 5.41) is 3.21. The molecule has 2 fully saturated rings. The summed E-state index contributed by atoms with van der Waals surface area (Å²) in [5.41, 5.74) is 1.18. The molecule has 1 aromatic rings. The Morgan fingerprint density at radius 1 is 1.38 bits per heavy atom. The second-order valence-electron chi connectivity index (χ2n) is 7.33.